The van der Waals surface area contributed by atoms with E-state index in [0.29, 0.717) is 54.5 Å². The maximum absolute atomic E-state index is 13.9. The largest absolute Gasteiger partial charge is 0.457 e. The van der Waals surface area contributed by atoms with E-state index in [1.807, 2.05) is 37.3 Å². The molecule has 0 saturated carbocycles. The van der Waals surface area contributed by atoms with Crippen molar-refractivity contribution in [1.29, 1.82) is 5.26 Å². The topological polar surface area (TPSA) is 141 Å². The average molecular weight is 552 g/mol. The summed E-state index contributed by atoms with van der Waals surface area (Å²) in [6.45, 7) is 3.62. The van der Waals surface area contributed by atoms with Gasteiger partial charge in [0.1, 0.15) is 35.0 Å². The molecule has 0 unspecified atom stereocenters. The first-order valence-electron chi connectivity index (χ1n) is 13.4. The number of nitrogens with zero attached hydrogens (tertiary/aromatic N) is 6. The Kier molecular flexibility index (Phi) is 6.77. The highest BCUT2D eigenvalue weighted by Gasteiger charge is 2.36. The molecule has 41 heavy (non-hydrogen) atoms. The van der Waals surface area contributed by atoms with Gasteiger partial charge >= 0.3 is 5.69 Å². The number of anilines is 1. The molecule has 1 atom stereocenters. The fourth-order valence-corrected chi connectivity index (χ4v) is 5.45. The Morgan fingerprint density at radius 2 is 1.90 bits per heavy atom. The minimum atomic E-state index is -0.349. The molecule has 0 aliphatic carbocycles. The summed E-state index contributed by atoms with van der Waals surface area (Å²) in [6.07, 6.45) is 4.49. The van der Waals surface area contributed by atoms with E-state index in [4.69, 9.17) is 15.2 Å². The van der Waals surface area contributed by atoms with Crippen LogP contribution in [0.5, 0.6) is 11.5 Å². The highest BCUT2D eigenvalue weighted by atomic mass is 16.5. The lowest BCUT2D eigenvalue weighted by Gasteiger charge is -2.35. The van der Waals surface area contributed by atoms with E-state index >= 15 is 0 Å². The summed E-state index contributed by atoms with van der Waals surface area (Å²) in [5, 5.41) is 9.76. The molecule has 11 heteroatoms. The number of carbonyl (C=O) groups is 1. The Labute approximate surface area is 236 Å². The van der Waals surface area contributed by atoms with Crippen molar-refractivity contribution in [3.63, 3.8) is 0 Å². The van der Waals surface area contributed by atoms with Gasteiger partial charge in [0, 0.05) is 18.5 Å². The molecule has 208 valence electrons. The molecular formula is C30H29N7O4. The number of aromatic nitrogens is 4. The number of benzene rings is 2. The number of nitrogens with two attached hydrogens (primary N) is 1. The zero-order valence-corrected chi connectivity index (χ0v) is 22.6. The van der Waals surface area contributed by atoms with Crippen molar-refractivity contribution >= 4 is 22.9 Å². The van der Waals surface area contributed by atoms with Gasteiger partial charge in [-0.25, -0.2) is 14.8 Å². The van der Waals surface area contributed by atoms with E-state index in [0.717, 1.165) is 6.42 Å². The highest BCUT2D eigenvalue weighted by Crippen LogP contribution is 2.31. The normalized spacial score (nSPS) is 18.2. The van der Waals surface area contributed by atoms with Crippen molar-refractivity contribution in [2.75, 3.05) is 25.5 Å². The van der Waals surface area contributed by atoms with Crippen LogP contribution in [0.25, 0.3) is 16.9 Å². The Balaban J connectivity index is 1.32. The van der Waals surface area contributed by atoms with E-state index in [1.165, 1.54) is 15.5 Å². The van der Waals surface area contributed by atoms with Crippen LogP contribution in [-0.2, 0) is 16.1 Å². The summed E-state index contributed by atoms with van der Waals surface area (Å²) in [4.78, 5) is 37.5. The number of para-hydroxylation sites is 1. The number of nitrogen functional groups attached to an aromatic ring is 1. The van der Waals surface area contributed by atoms with E-state index in [1.54, 1.807) is 35.2 Å². The van der Waals surface area contributed by atoms with Crippen LogP contribution >= 0.6 is 0 Å². The molecule has 2 N–H and O–H groups in total. The first-order chi connectivity index (χ1) is 19.9. The van der Waals surface area contributed by atoms with Gasteiger partial charge in [0.15, 0.2) is 11.5 Å². The summed E-state index contributed by atoms with van der Waals surface area (Å²) >= 11 is 0. The predicted molar refractivity (Wildman–Crippen MR) is 151 cm³/mol. The van der Waals surface area contributed by atoms with Crippen molar-refractivity contribution in [1.82, 2.24) is 24.0 Å². The Morgan fingerprint density at radius 3 is 2.59 bits per heavy atom. The van der Waals surface area contributed by atoms with Gasteiger partial charge in [0.2, 0.25) is 0 Å². The van der Waals surface area contributed by atoms with Crippen molar-refractivity contribution in [2.45, 2.75) is 32.4 Å². The van der Waals surface area contributed by atoms with Crippen molar-refractivity contribution in [2.24, 2.45) is 5.41 Å². The maximum Gasteiger partial charge on any atom is 0.335 e. The Morgan fingerprint density at radius 1 is 1.17 bits per heavy atom. The van der Waals surface area contributed by atoms with E-state index in [9.17, 15) is 14.9 Å². The number of amides is 1. The number of carbonyl (C=O) groups excluding carboxylic acids is 1. The Hall–Kier alpha value is -4.95. The predicted octanol–water partition coefficient (Wildman–Crippen LogP) is 3.43. The number of rotatable bonds is 7. The summed E-state index contributed by atoms with van der Waals surface area (Å²) in [7, 11) is 0. The lowest BCUT2D eigenvalue weighted by molar-refractivity contribution is -0.128. The molecule has 0 spiro atoms. The fourth-order valence-electron chi connectivity index (χ4n) is 5.45. The standard InChI is InChI=1S/C30H29N7O4/c1-30(17-40-18-30)14-20(15-31)28(38)35-13-5-6-22(35)16-36-27-25(26(32)33-19-34-27)37(29(36)39)21-9-11-24(12-10-21)41-23-7-3-2-4-8-23/h2-4,7-12,14,19,22H,5-6,13,16-18H2,1H3,(H2,32,33,34)/t22-/m0/s1. The number of imidazole rings is 1. The quantitative estimate of drug-likeness (QED) is 0.272. The van der Waals surface area contributed by atoms with E-state index < -0.39 is 0 Å². The van der Waals surface area contributed by atoms with Crippen LogP contribution in [0, 0.1) is 16.7 Å². The molecule has 2 saturated heterocycles. The molecule has 6 rings (SSSR count). The molecule has 2 aromatic carbocycles. The number of hydrogen-bond acceptors (Lipinski definition) is 8. The monoisotopic (exact) mass is 551 g/mol. The van der Waals surface area contributed by atoms with E-state index in [2.05, 4.69) is 16.0 Å². The minimum Gasteiger partial charge on any atom is -0.457 e. The maximum atomic E-state index is 13.9. The molecule has 4 aromatic rings. The first kappa shape index (κ1) is 26.3. The number of nitriles is 1. The molecule has 0 radical (unpaired) electrons. The third-order valence-corrected chi connectivity index (χ3v) is 7.55. The highest BCUT2D eigenvalue weighted by molar-refractivity contribution is 5.97. The van der Waals surface area contributed by atoms with Gasteiger partial charge in [-0.1, -0.05) is 31.2 Å². The molecule has 2 aromatic heterocycles. The summed E-state index contributed by atoms with van der Waals surface area (Å²) in [5.74, 6) is 1.15. The van der Waals surface area contributed by atoms with Gasteiger partial charge in [-0.05, 0) is 49.2 Å². The van der Waals surface area contributed by atoms with Crippen LogP contribution in [-0.4, -0.2) is 55.7 Å². The van der Waals surface area contributed by atoms with Gasteiger partial charge in [-0.2, -0.15) is 5.26 Å². The first-order valence-corrected chi connectivity index (χ1v) is 13.4. The molecular weight excluding hydrogens is 522 g/mol. The van der Waals surface area contributed by atoms with Crippen molar-refractivity contribution in [3.8, 4) is 23.3 Å². The van der Waals surface area contributed by atoms with Crippen LogP contribution in [0.3, 0.4) is 0 Å². The number of hydrogen-bond donors (Lipinski definition) is 1. The fraction of sp³-hybridized carbons (Fsp3) is 0.300. The van der Waals surface area contributed by atoms with Gasteiger partial charge in [0.05, 0.1) is 24.9 Å². The third kappa shape index (κ3) is 4.94. The van der Waals surface area contributed by atoms with Gasteiger partial charge < -0.3 is 20.1 Å². The molecule has 2 aliphatic heterocycles. The van der Waals surface area contributed by atoms with Crippen LogP contribution < -0.4 is 16.2 Å². The van der Waals surface area contributed by atoms with Gasteiger partial charge in [-0.3, -0.25) is 13.9 Å². The molecule has 11 nitrogen and oxygen atoms in total. The molecule has 0 bridgehead atoms. The summed E-state index contributed by atoms with van der Waals surface area (Å²) in [6, 6.07) is 18.3. The summed E-state index contributed by atoms with van der Waals surface area (Å²) in [5.41, 5.74) is 7.03. The number of ether oxygens (including phenoxy) is 2. The number of fused-ring (bicyclic) bond motifs is 1. The SMILES string of the molecule is CC1(C=C(C#N)C(=O)N2CCC[C@H]2Cn2c(=O)n(-c3ccc(Oc4ccccc4)cc3)c3c(N)ncnc32)COC1. The second-order valence-electron chi connectivity index (χ2n) is 10.7. The lowest BCUT2D eigenvalue weighted by Crippen LogP contribution is -2.42. The van der Waals surface area contributed by atoms with Gasteiger partial charge in [0.25, 0.3) is 5.91 Å². The summed E-state index contributed by atoms with van der Waals surface area (Å²) < 4.78 is 14.2. The van der Waals surface area contributed by atoms with E-state index in [-0.39, 0.29) is 41.0 Å². The van der Waals surface area contributed by atoms with Crippen LogP contribution in [0.1, 0.15) is 19.8 Å². The minimum absolute atomic E-state index is 0.0989. The average Bonchev–Trinajstić information content (AvgIpc) is 3.55. The lowest BCUT2D eigenvalue weighted by atomic mass is 9.86. The van der Waals surface area contributed by atoms with Crippen LogP contribution in [0.2, 0.25) is 0 Å². The van der Waals surface area contributed by atoms with Crippen molar-refractivity contribution < 1.29 is 14.3 Å². The number of likely N-dealkylation sites (tertiary alicyclic amines) is 1. The zero-order valence-electron chi connectivity index (χ0n) is 22.6. The Bertz CT molecular complexity index is 1730. The second-order valence-corrected chi connectivity index (χ2v) is 10.7. The molecule has 2 fully saturated rings. The van der Waals surface area contributed by atoms with Gasteiger partial charge in [-0.15, -0.1) is 0 Å². The molecule has 4 heterocycles. The smallest absolute Gasteiger partial charge is 0.335 e. The molecule has 2 aliphatic rings. The van der Waals surface area contributed by atoms with Crippen molar-refractivity contribution in [3.05, 3.63) is 83.1 Å². The zero-order chi connectivity index (χ0) is 28.6. The van der Waals surface area contributed by atoms with Crippen LogP contribution in [0.15, 0.2) is 77.4 Å². The third-order valence-electron chi connectivity index (χ3n) is 7.55. The molecule has 1 amide bonds. The second kappa shape index (κ2) is 10.6. The van der Waals surface area contributed by atoms with Crippen LogP contribution in [0.4, 0.5) is 5.82 Å².